The van der Waals surface area contributed by atoms with E-state index in [0.717, 1.165) is 10.6 Å². The van der Waals surface area contributed by atoms with Crippen molar-refractivity contribution < 1.29 is 19.4 Å². The number of hydrogen-bond donors (Lipinski definition) is 1. The normalized spacial score (nSPS) is 17.6. The molecule has 1 saturated heterocycles. The van der Waals surface area contributed by atoms with Crippen LogP contribution in [-0.4, -0.2) is 37.5 Å². The lowest BCUT2D eigenvalue weighted by Crippen LogP contribution is -2.29. The zero-order valence-corrected chi connectivity index (χ0v) is 18.9. The molecule has 6 nitrogen and oxygen atoms in total. The molecule has 0 radical (unpaired) electrons. The summed E-state index contributed by atoms with van der Waals surface area (Å²) in [6, 6.07) is 17.3. The number of carbonyl (C=O) groups is 2. The molecular formula is C25H24N2O4S. The van der Waals surface area contributed by atoms with Crippen molar-refractivity contribution in [3.8, 4) is 5.75 Å². The summed E-state index contributed by atoms with van der Waals surface area (Å²) in [4.78, 5) is 30.5. The number of aliphatic hydroxyl groups is 1. The van der Waals surface area contributed by atoms with E-state index in [-0.39, 0.29) is 11.3 Å². The van der Waals surface area contributed by atoms with Gasteiger partial charge >= 0.3 is 0 Å². The third-order valence-electron chi connectivity index (χ3n) is 5.32. The molecule has 32 heavy (non-hydrogen) atoms. The summed E-state index contributed by atoms with van der Waals surface area (Å²) >= 11 is 1.43. The van der Waals surface area contributed by atoms with Gasteiger partial charge in [-0.3, -0.25) is 14.5 Å². The number of anilines is 2. The fourth-order valence-electron chi connectivity index (χ4n) is 3.78. The zero-order valence-electron chi connectivity index (χ0n) is 18.1. The van der Waals surface area contributed by atoms with E-state index in [9.17, 15) is 14.7 Å². The van der Waals surface area contributed by atoms with E-state index in [4.69, 9.17) is 4.74 Å². The minimum Gasteiger partial charge on any atom is -0.507 e. The fourth-order valence-corrected chi connectivity index (χ4v) is 4.61. The van der Waals surface area contributed by atoms with Crippen LogP contribution in [0.3, 0.4) is 0 Å². The van der Waals surface area contributed by atoms with Crippen molar-refractivity contribution in [3.05, 3.63) is 82.1 Å². The highest BCUT2D eigenvalue weighted by Crippen LogP contribution is 2.44. The van der Waals surface area contributed by atoms with Gasteiger partial charge in [0.25, 0.3) is 11.7 Å². The summed E-state index contributed by atoms with van der Waals surface area (Å²) in [6.45, 7) is 2.35. The van der Waals surface area contributed by atoms with Crippen LogP contribution in [0.15, 0.2) is 71.6 Å². The third-order valence-corrected chi connectivity index (χ3v) is 6.24. The lowest BCUT2D eigenvalue weighted by atomic mass is 9.99. The van der Waals surface area contributed by atoms with Crippen molar-refractivity contribution in [2.24, 2.45) is 0 Å². The molecule has 7 heteroatoms. The average Bonchev–Trinajstić information content (AvgIpc) is 3.41. The van der Waals surface area contributed by atoms with Crippen LogP contribution in [0.4, 0.5) is 11.4 Å². The summed E-state index contributed by atoms with van der Waals surface area (Å²) in [5.74, 6) is -1.00. The lowest BCUT2D eigenvalue weighted by Gasteiger charge is -2.25. The Bertz CT molecular complexity index is 1170. The SMILES string of the molecule is CCOc1cccc(/C(O)=C2/C(=O)C(=O)N(c3ccc(N(C)C)cc3)C2c2cccs2)c1. The van der Waals surface area contributed by atoms with Crippen molar-refractivity contribution >= 4 is 40.2 Å². The molecule has 1 unspecified atom stereocenters. The Morgan fingerprint density at radius 2 is 1.84 bits per heavy atom. The summed E-state index contributed by atoms with van der Waals surface area (Å²) in [7, 11) is 3.87. The second kappa shape index (κ2) is 8.88. The van der Waals surface area contributed by atoms with Gasteiger partial charge in [-0.05, 0) is 54.8 Å². The van der Waals surface area contributed by atoms with Gasteiger partial charge in [-0.2, -0.15) is 0 Å². The monoisotopic (exact) mass is 448 g/mol. The van der Waals surface area contributed by atoms with E-state index in [1.54, 1.807) is 24.3 Å². The molecule has 1 N–H and O–H groups in total. The predicted molar refractivity (Wildman–Crippen MR) is 127 cm³/mol. The molecule has 1 amide bonds. The van der Waals surface area contributed by atoms with Crippen LogP contribution in [0.5, 0.6) is 5.75 Å². The summed E-state index contributed by atoms with van der Waals surface area (Å²) in [6.07, 6.45) is 0. The van der Waals surface area contributed by atoms with Gasteiger partial charge in [0.15, 0.2) is 0 Å². The van der Waals surface area contributed by atoms with Crippen LogP contribution in [0.1, 0.15) is 23.4 Å². The Labute approximate surface area is 191 Å². The Hall–Kier alpha value is -3.58. The van der Waals surface area contributed by atoms with Gasteiger partial charge in [0.05, 0.1) is 12.2 Å². The molecule has 1 aromatic heterocycles. The lowest BCUT2D eigenvalue weighted by molar-refractivity contribution is -0.132. The zero-order chi connectivity index (χ0) is 22.8. The second-order valence-corrected chi connectivity index (χ2v) is 8.54. The molecule has 0 bridgehead atoms. The fraction of sp³-hybridized carbons (Fsp3) is 0.200. The second-order valence-electron chi connectivity index (χ2n) is 7.56. The van der Waals surface area contributed by atoms with E-state index in [1.807, 2.05) is 67.7 Å². The van der Waals surface area contributed by atoms with E-state index in [0.29, 0.717) is 23.6 Å². The Morgan fingerprint density at radius 1 is 1.09 bits per heavy atom. The third kappa shape index (κ3) is 3.87. The number of ketones is 1. The Kier molecular flexibility index (Phi) is 6.01. The quantitative estimate of drug-likeness (QED) is 0.332. The number of benzene rings is 2. The molecule has 0 spiro atoms. The van der Waals surface area contributed by atoms with E-state index >= 15 is 0 Å². The molecule has 1 fully saturated rings. The van der Waals surface area contributed by atoms with Crippen LogP contribution < -0.4 is 14.5 Å². The van der Waals surface area contributed by atoms with Crippen LogP contribution in [-0.2, 0) is 9.59 Å². The summed E-state index contributed by atoms with van der Waals surface area (Å²) in [5, 5.41) is 13.1. The van der Waals surface area contributed by atoms with E-state index < -0.39 is 17.7 Å². The number of amides is 1. The van der Waals surface area contributed by atoms with Crippen molar-refractivity contribution in [2.75, 3.05) is 30.5 Å². The first-order chi connectivity index (χ1) is 15.4. The minimum absolute atomic E-state index is 0.0720. The molecule has 1 aliphatic heterocycles. The van der Waals surface area contributed by atoms with Crippen LogP contribution >= 0.6 is 11.3 Å². The van der Waals surface area contributed by atoms with Gasteiger partial charge in [-0.15, -0.1) is 11.3 Å². The molecule has 2 aromatic carbocycles. The smallest absolute Gasteiger partial charge is 0.300 e. The molecule has 164 valence electrons. The summed E-state index contributed by atoms with van der Waals surface area (Å²) < 4.78 is 5.53. The van der Waals surface area contributed by atoms with Gasteiger partial charge in [-0.1, -0.05) is 18.2 Å². The topological polar surface area (TPSA) is 70.1 Å². The first-order valence-electron chi connectivity index (χ1n) is 10.3. The molecule has 4 rings (SSSR count). The first kappa shape index (κ1) is 21.6. The van der Waals surface area contributed by atoms with Gasteiger partial charge in [0.1, 0.15) is 17.6 Å². The molecule has 0 saturated carbocycles. The van der Waals surface area contributed by atoms with E-state index in [2.05, 4.69) is 0 Å². The molecule has 3 aromatic rings. The predicted octanol–water partition coefficient (Wildman–Crippen LogP) is 4.84. The Balaban J connectivity index is 1.85. The average molecular weight is 449 g/mol. The van der Waals surface area contributed by atoms with Gasteiger partial charge in [-0.25, -0.2) is 0 Å². The highest BCUT2D eigenvalue weighted by atomic mass is 32.1. The Morgan fingerprint density at radius 3 is 2.47 bits per heavy atom. The van der Waals surface area contributed by atoms with Crippen LogP contribution in [0.25, 0.3) is 5.76 Å². The largest absolute Gasteiger partial charge is 0.507 e. The molecular weight excluding hydrogens is 424 g/mol. The number of hydrogen-bond acceptors (Lipinski definition) is 6. The number of Topliss-reactive ketones (excluding diaryl/α,β-unsaturated/α-hetero) is 1. The van der Waals surface area contributed by atoms with Crippen molar-refractivity contribution in [1.29, 1.82) is 0 Å². The highest BCUT2D eigenvalue weighted by Gasteiger charge is 2.47. The highest BCUT2D eigenvalue weighted by molar-refractivity contribution is 7.10. The number of aliphatic hydroxyl groups excluding tert-OH is 1. The maximum atomic E-state index is 13.2. The molecule has 1 aliphatic rings. The van der Waals surface area contributed by atoms with Crippen molar-refractivity contribution in [3.63, 3.8) is 0 Å². The van der Waals surface area contributed by atoms with Crippen LogP contribution in [0.2, 0.25) is 0 Å². The first-order valence-corrected chi connectivity index (χ1v) is 11.2. The number of rotatable bonds is 6. The number of carbonyl (C=O) groups excluding carboxylic acids is 2. The van der Waals surface area contributed by atoms with E-state index in [1.165, 1.54) is 16.2 Å². The standard InChI is InChI=1S/C25H24N2O4S/c1-4-31-19-8-5-7-16(15-19)23(28)21-22(20-9-6-14-32-20)27(25(30)24(21)29)18-12-10-17(11-13-18)26(2)3/h5-15,22,28H,4H2,1-3H3/b23-21-. The minimum atomic E-state index is -0.712. The number of nitrogens with zero attached hydrogens (tertiary/aromatic N) is 2. The number of ether oxygens (including phenoxy) is 1. The maximum absolute atomic E-state index is 13.2. The molecule has 1 atom stereocenters. The molecule has 0 aliphatic carbocycles. The number of thiophene rings is 1. The maximum Gasteiger partial charge on any atom is 0.300 e. The van der Waals surface area contributed by atoms with Gasteiger partial charge in [0.2, 0.25) is 0 Å². The van der Waals surface area contributed by atoms with Crippen molar-refractivity contribution in [1.82, 2.24) is 0 Å². The van der Waals surface area contributed by atoms with Crippen LogP contribution in [0, 0.1) is 0 Å². The van der Waals surface area contributed by atoms with Gasteiger partial charge < -0.3 is 14.7 Å². The van der Waals surface area contributed by atoms with Crippen molar-refractivity contribution in [2.45, 2.75) is 13.0 Å². The summed E-state index contributed by atoms with van der Waals surface area (Å²) in [5.41, 5.74) is 2.07. The molecule has 2 heterocycles. The van der Waals surface area contributed by atoms with Gasteiger partial charge in [0, 0.05) is 35.9 Å².